The Kier molecular flexibility index (Phi) is 7.86. The minimum atomic E-state index is 0.0104. The smallest absolute Gasteiger partial charge is 0.238 e. The third kappa shape index (κ3) is 6.60. The molecule has 28 heavy (non-hydrogen) atoms. The first-order valence-electron chi connectivity index (χ1n) is 10.8. The molecular weight excluding hydrogens is 352 g/mol. The summed E-state index contributed by atoms with van der Waals surface area (Å²) in [6.45, 7) is 2.45. The molecule has 2 aliphatic rings. The van der Waals surface area contributed by atoms with Crippen molar-refractivity contribution < 1.29 is 9.59 Å². The van der Waals surface area contributed by atoms with E-state index < -0.39 is 0 Å². The van der Waals surface area contributed by atoms with E-state index in [0.717, 1.165) is 43.7 Å². The first-order valence-corrected chi connectivity index (χ1v) is 10.8. The van der Waals surface area contributed by atoms with Crippen LogP contribution in [0.5, 0.6) is 0 Å². The minimum Gasteiger partial charge on any atom is -0.327 e. The van der Waals surface area contributed by atoms with Gasteiger partial charge in [0.25, 0.3) is 0 Å². The van der Waals surface area contributed by atoms with Gasteiger partial charge in [-0.2, -0.15) is 0 Å². The third-order valence-electron chi connectivity index (χ3n) is 5.93. The van der Waals surface area contributed by atoms with Crippen LogP contribution in [-0.4, -0.2) is 42.4 Å². The van der Waals surface area contributed by atoms with Crippen molar-refractivity contribution >= 4 is 23.2 Å². The summed E-state index contributed by atoms with van der Waals surface area (Å²) in [6.07, 6.45) is 9.84. The number of hydrogen-bond acceptors (Lipinski definition) is 4. The molecule has 1 aliphatic heterocycles. The Labute approximate surface area is 168 Å². The van der Waals surface area contributed by atoms with Crippen LogP contribution < -0.4 is 16.4 Å². The lowest BCUT2D eigenvalue weighted by Gasteiger charge is -2.23. The fraction of sp³-hybridized carbons (Fsp3) is 0.636. The molecule has 1 aliphatic carbocycles. The van der Waals surface area contributed by atoms with Crippen LogP contribution in [0.25, 0.3) is 0 Å². The zero-order valence-corrected chi connectivity index (χ0v) is 16.8. The Morgan fingerprint density at radius 2 is 1.43 bits per heavy atom. The highest BCUT2D eigenvalue weighted by molar-refractivity contribution is 5.93. The van der Waals surface area contributed by atoms with Gasteiger partial charge in [-0.25, -0.2) is 0 Å². The van der Waals surface area contributed by atoms with E-state index in [0.29, 0.717) is 18.9 Å². The summed E-state index contributed by atoms with van der Waals surface area (Å²) in [5.74, 6) is 0.325. The second kappa shape index (κ2) is 10.6. The maximum Gasteiger partial charge on any atom is 0.238 e. The van der Waals surface area contributed by atoms with Crippen molar-refractivity contribution in [2.24, 2.45) is 11.7 Å². The number of amides is 2. The molecule has 4 N–H and O–H groups in total. The highest BCUT2D eigenvalue weighted by Gasteiger charge is 2.26. The Balaban J connectivity index is 1.43. The molecule has 1 heterocycles. The molecular formula is C22H34N4O2. The monoisotopic (exact) mass is 386 g/mol. The molecule has 1 saturated heterocycles. The van der Waals surface area contributed by atoms with Gasteiger partial charge in [-0.05, 0) is 69.0 Å². The molecule has 154 valence electrons. The van der Waals surface area contributed by atoms with Gasteiger partial charge in [0.15, 0.2) is 0 Å². The number of nitrogens with zero attached hydrogens (tertiary/aromatic N) is 1. The molecule has 0 radical (unpaired) electrons. The Morgan fingerprint density at radius 3 is 2.00 bits per heavy atom. The zero-order valence-electron chi connectivity index (χ0n) is 16.8. The summed E-state index contributed by atoms with van der Waals surface area (Å²) in [4.78, 5) is 26.8. The minimum absolute atomic E-state index is 0.0104. The molecule has 0 bridgehead atoms. The number of carbonyl (C=O) groups is 2. The summed E-state index contributed by atoms with van der Waals surface area (Å²) < 4.78 is 0. The van der Waals surface area contributed by atoms with Crippen LogP contribution in [0.15, 0.2) is 24.3 Å². The van der Waals surface area contributed by atoms with E-state index in [1.54, 1.807) is 0 Å². The molecule has 1 aromatic carbocycles. The molecule has 0 unspecified atom stereocenters. The van der Waals surface area contributed by atoms with Crippen molar-refractivity contribution in [1.82, 2.24) is 4.90 Å². The van der Waals surface area contributed by atoms with Gasteiger partial charge < -0.3 is 16.4 Å². The van der Waals surface area contributed by atoms with Gasteiger partial charge >= 0.3 is 0 Å². The molecule has 6 nitrogen and oxygen atoms in total. The van der Waals surface area contributed by atoms with Gasteiger partial charge in [0.1, 0.15) is 0 Å². The largest absolute Gasteiger partial charge is 0.327 e. The van der Waals surface area contributed by atoms with Crippen LogP contribution in [0.1, 0.15) is 57.8 Å². The van der Waals surface area contributed by atoms with Gasteiger partial charge in [-0.15, -0.1) is 0 Å². The maximum absolute atomic E-state index is 12.3. The fourth-order valence-corrected chi connectivity index (χ4v) is 4.28. The Hall–Kier alpha value is -1.92. The molecule has 3 rings (SSSR count). The van der Waals surface area contributed by atoms with E-state index >= 15 is 0 Å². The van der Waals surface area contributed by atoms with Gasteiger partial charge in [-0.1, -0.05) is 25.7 Å². The van der Waals surface area contributed by atoms with Crippen LogP contribution in [0.3, 0.4) is 0 Å². The van der Waals surface area contributed by atoms with E-state index in [1.807, 2.05) is 24.3 Å². The van der Waals surface area contributed by atoms with Gasteiger partial charge in [0.2, 0.25) is 11.8 Å². The number of rotatable bonds is 6. The summed E-state index contributed by atoms with van der Waals surface area (Å²) >= 11 is 0. The summed E-state index contributed by atoms with van der Waals surface area (Å²) in [7, 11) is 0. The third-order valence-corrected chi connectivity index (χ3v) is 5.93. The normalized spacial score (nSPS) is 23.6. The average Bonchev–Trinajstić information content (AvgIpc) is 3.03. The molecule has 1 aromatic rings. The quantitative estimate of drug-likeness (QED) is 0.700. The van der Waals surface area contributed by atoms with E-state index in [-0.39, 0.29) is 17.9 Å². The number of benzene rings is 1. The van der Waals surface area contributed by atoms with Crippen molar-refractivity contribution in [1.29, 1.82) is 0 Å². The molecule has 2 fully saturated rings. The van der Waals surface area contributed by atoms with E-state index in [1.165, 1.54) is 32.1 Å². The van der Waals surface area contributed by atoms with Gasteiger partial charge in [0.05, 0.1) is 6.54 Å². The second-order valence-electron chi connectivity index (χ2n) is 8.28. The summed E-state index contributed by atoms with van der Waals surface area (Å²) in [6, 6.07) is 7.48. The number of likely N-dealkylation sites (tertiary alicyclic amines) is 1. The lowest BCUT2D eigenvalue weighted by molar-refractivity contribution is -0.118. The predicted molar refractivity (Wildman–Crippen MR) is 113 cm³/mol. The van der Waals surface area contributed by atoms with Gasteiger partial charge in [0, 0.05) is 23.8 Å². The summed E-state index contributed by atoms with van der Waals surface area (Å²) in [5.41, 5.74) is 7.55. The van der Waals surface area contributed by atoms with E-state index in [4.69, 9.17) is 5.73 Å². The molecule has 0 aromatic heterocycles. The van der Waals surface area contributed by atoms with Crippen LogP contribution in [0.2, 0.25) is 0 Å². The van der Waals surface area contributed by atoms with Crippen LogP contribution in [0, 0.1) is 5.92 Å². The molecule has 0 spiro atoms. The fourth-order valence-electron chi connectivity index (χ4n) is 4.28. The average molecular weight is 387 g/mol. The topological polar surface area (TPSA) is 87.5 Å². The standard InChI is InChI=1S/C22H34N4O2/c23-20-8-6-7-17(20)15-21(27)24-18-9-11-19(12-10-18)25-22(28)16-26-13-4-2-1-3-5-14-26/h9-12,17,20H,1-8,13-16,23H2,(H,24,27)(H,25,28)/t17-,20+/m0/s1. The lowest BCUT2D eigenvalue weighted by Crippen LogP contribution is -2.35. The number of nitrogens with one attached hydrogen (secondary N) is 2. The summed E-state index contributed by atoms with van der Waals surface area (Å²) in [5, 5.41) is 5.89. The van der Waals surface area contributed by atoms with Crippen LogP contribution in [-0.2, 0) is 9.59 Å². The van der Waals surface area contributed by atoms with E-state index in [2.05, 4.69) is 15.5 Å². The highest BCUT2D eigenvalue weighted by atomic mass is 16.2. The molecule has 1 saturated carbocycles. The number of hydrogen-bond donors (Lipinski definition) is 3. The second-order valence-corrected chi connectivity index (χ2v) is 8.28. The molecule has 6 heteroatoms. The Bertz CT molecular complexity index is 638. The van der Waals surface area contributed by atoms with Crippen molar-refractivity contribution in [3.8, 4) is 0 Å². The Morgan fingerprint density at radius 1 is 0.857 bits per heavy atom. The molecule has 2 amide bonds. The van der Waals surface area contributed by atoms with E-state index in [9.17, 15) is 9.59 Å². The van der Waals surface area contributed by atoms with Crippen LogP contribution in [0.4, 0.5) is 11.4 Å². The first-order chi connectivity index (χ1) is 13.6. The number of nitrogens with two attached hydrogens (primary N) is 1. The number of carbonyl (C=O) groups excluding carboxylic acids is 2. The zero-order chi connectivity index (χ0) is 19.8. The number of anilines is 2. The molecule has 2 atom stereocenters. The predicted octanol–water partition coefficient (Wildman–Crippen LogP) is 3.35. The SMILES string of the molecule is N[C@@H]1CCC[C@H]1CC(=O)Nc1ccc(NC(=O)CN2CCCCCCC2)cc1. The van der Waals surface area contributed by atoms with Crippen LogP contribution >= 0.6 is 0 Å². The van der Waals surface area contributed by atoms with Crippen molar-refractivity contribution in [2.75, 3.05) is 30.3 Å². The lowest BCUT2D eigenvalue weighted by atomic mass is 10.00. The highest BCUT2D eigenvalue weighted by Crippen LogP contribution is 2.27. The van der Waals surface area contributed by atoms with Crippen molar-refractivity contribution in [2.45, 2.75) is 63.8 Å². The van der Waals surface area contributed by atoms with Crippen molar-refractivity contribution in [3.05, 3.63) is 24.3 Å². The van der Waals surface area contributed by atoms with Gasteiger partial charge in [-0.3, -0.25) is 14.5 Å². The van der Waals surface area contributed by atoms with Crippen molar-refractivity contribution in [3.63, 3.8) is 0 Å². The maximum atomic E-state index is 12.3. The first kappa shape index (κ1) is 20.8.